The average molecular weight is 444 g/mol. The number of hydrogen-bond donors (Lipinski definition) is 1. The van der Waals surface area contributed by atoms with Crippen LogP contribution in [0.1, 0.15) is 41.0 Å². The first kappa shape index (κ1) is 20.9. The number of nitrogens with one attached hydrogen (secondary N) is 1. The fourth-order valence-electron chi connectivity index (χ4n) is 4.92. The summed E-state index contributed by atoms with van der Waals surface area (Å²) in [5.41, 5.74) is 3.53. The van der Waals surface area contributed by atoms with Crippen LogP contribution >= 0.6 is 0 Å². The topological polar surface area (TPSA) is 95.1 Å². The van der Waals surface area contributed by atoms with Crippen molar-refractivity contribution in [3.8, 4) is 0 Å². The molecule has 0 spiro atoms. The molecule has 1 fully saturated rings. The van der Waals surface area contributed by atoms with E-state index in [9.17, 15) is 14.4 Å². The van der Waals surface area contributed by atoms with Gasteiger partial charge in [0.25, 0.3) is 5.91 Å². The van der Waals surface area contributed by atoms with Gasteiger partial charge >= 0.3 is 5.97 Å². The van der Waals surface area contributed by atoms with E-state index in [1.165, 1.54) is 18.3 Å². The van der Waals surface area contributed by atoms with E-state index in [-0.39, 0.29) is 18.4 Å². The van der Waals surface area contributed by atoms with Crippen LogP contribution in [-0.2, 0) is 26.3 Å². The van der Waals surface area contributed by atoms with Crippen LogP contribution < -0.4 is 0 Å². The lowest BCUT2D eigenvalue weighted by atomic mass is 9.82. The Hall–Kier alpha value is -3.94. The number of hydrogen-bond acceptors (Lipinski definition) is 5. The van der Waals surface area contributed by atoms with Gasteiger partial charge in [0.2, 0.25) is 5.91 Å². The van der Waals surface area contributed by atoms with Gasteiger partial charge in [0.1, 0.15) is 12.6 Å². The molecule has 0 saturated carbocycles. The average Bonchev–Trinajstić information content (AvgIpc) is 3.20. The Labute approximate surface area is 190 Å². The highest BCUT2D eigenvalue weighted by atomic mass is 16.5. The van der Waals surface area contributed by atoms with Crippen LogP contribution in [0.25, 0.3) is 10.9 Å². The number of amides is 2. The van der Waals surface area contributed by atoms with Crippen LogP contribution in [0.4, 0.5) is 0 Å². The van der Waals surface area contributed by atoms with Crippen molar-refractivity contribution in [1.29, 1.82) is 0 Å². The van der Waals surface area contributed by atoms with Crippen LogP contribution in [0.3, 0.4) is 0 Å². The number of para-hydroxylation sites is 1. The molecule has 0 radical (unpaired) electrons. The number of ether oxygens (including phenoxy) is 1. The number of aromatic nitrogens is 1. The van der Waals surface area contributed by atoms with Crippen molar-refractivity contribution in [3.05, 3.63) is 70.9 Å². The summed E-state index contributed by atoms with van der Waals surface area (Å²) in [6, 6.07) is 14.0. The van der Waals surface area contributed by atoms with Crippen molar-refractivity contribution in [3.63, 3.8) is 0 Å². The smallest absolute Gasteiger partial charge is 0.337 e. The lowest BCUT2D eigenvalue weighted by Gasteiger charge is -2.50. The number of piperazine rings is 1. The van der Waals surface area contributed by atoms with Crippen molar-refractivity contribution in [2.24, 2.45) is 5.10 Å². The molecule has 1 atom stereocenters. The van der Waals surface area contributed by atoms with Crippen molar-refractivity contribution in [2.45, 2.75) is 31.8 Å². The zero-order chi connectivity index (χ0) is 23.3. The van der Waals surface area contributed by atoms with Gasteiger partial charge in [-0.15, -0.1) is 0 Å². The maximum Gasteiger partial charge on any atom is 0.337 e. The molecule has 0 bridgehead atoms. The van der Waals surface area contributed by atoms with E-state index in [4.69, 9.17) is 4.74 Å². The fraction of sp³-hybridized carbons (Fsp3) is 0.280. The summed E-state index contributed by atoms with van der Waals surface area (Å²) in [5.74, 6) is -0.778. The lowest BCUT2D eigenvalue weighted by molar-refractivity contribution is -0.163. The minimum Gasteiger partial charge on any atom is -0.465 e. The Bertz CT molecular complexity index is 1310. The van der Waals surface area contributed by atoms with E-state index in [0.717, 1.165) is 22.2 Å². The van der Waals surface area contributed by atoms with Crippen molar-refractivity contribution < 1.29 is 19.1 Å². The first-order valence-electron chi connectivity index (χ1n) is 10.8. The fourth-order valence-corrected chi connectivity index (χ4v) is 4.92. The molecule has 33 heavy (non-hydrogen) atoms. The van der Waals surface area contributed by atoms with E-state index in [2.05, 4.69) is 10.1 Å². The molecular weight excluding hydrogens is 420 g/mol. The van der Waals surface area contributed by atoms with Crippen LogP contribution in [0.15, 0.2) is 53.6 Å². The largest absolute Gasteiger partial charge is 0.465 e. The second kappa shape index (κ2) is 7.58. The quantitative estimate of drug-likeness (QED) is 0.496. The molecule has 0 unspecified atom stereocenters. The molecule has 168 valence electrons. The van der Waals surface area contributed by atoms with Crippen LogP contribution in [-0.4, -0.2) is 58.6 Å². The molecule has 1 N–H and O–H groups in total. The molecule has 2 aliphatic heterocycles. The molecule has 2 amide bonds. The second-order valence-electron chi connectivity index (χ2n) is 8.82. The molecule has 8 heteroatoms. The number of benzene rings is 2. The molecule has 3 aromatic rings. The Morgan fingerprint density at radius 3 is 2.61 bits per heavy atom. The highest BCUT2D eigenvalue weighted by molar-refractivity contribution is 5.98. The van der Waals surface area contributed by atoms with Gasteiger partial charge in [-0.2, -0.15) is 5.10 Å². The van der Waals surface area contributed by atoms with Gasteiger partial charge in [-0.05, 0) is 43.2 Å². The highest BCUT2D eigenvalue weighted by Crippen LogP contribution is 2.42. The molecule has 2 aliphatic rings. The van der Waals surface area contributed by atoms with Crippen molar-refractivity contribution in [2.75, 3.05) is 13.7 Å². The minimum absolute atomic E-state index is 0.120. The van der Waals surface area contributed by atoms with Crippen LogP contribution in [0.2, 0.25) is 0 Å². The van der Waals surface area contributed by atoms with E-state index in [0.29, 0.717) is 17.5 Å². The third-order valence-corrected chi connectivity index (χ3v) is 6.51. The maximum atomic E-state index is 13.4. The Morgan fingerprint density at radius 2 is 1.88 bits per heavy atom. The monoisotopic (exact) mass is 444 g/mol. The summed E-state index contributed by atoms with van der Waals surface area (Å²) < 4.78 is 4.70. The Balaban J connectivity index is 1.44. The van der Waals surface area contributed by atoms with E-state index in [1.807, 2.05) is 38.1 Å². The second-order valence-corrected chi connectivity index (χ2v) is 8.82. The SMILES string of the molecule is COC(=O)c1ccc(/C=N/N2CC(=O)N3[C@@H](Cc4c([nH]c5ccccc45)C3(C)C)C2=O)cc1. The molecule has 1 aromatic heterocycles. The Kier molecular flexibility index (Phi) is 4.81. The third kappa shape index (κ3) is 3.29. The van der Waals surface area contributed by atoms with Gasteiger partial charge < -0.3 is 14.6 Å². The number of methoxy groups -OCH3 is 1. The van der Waals surface area contributed by atoms with Gasteiger partial charge in [0.15, 0.2) is 0 Å². The number of H-pyrrole nitrogens is 1. The number of carbonyl (C=O) groups is 3. The molecule has 2 aromatic carbocycles. The number of aromatic amines is 1. The van der Waals surface area contributed by atoms with E-state index in [1.54, 1.807) is 29.2 Å². The van der Waals surface area contributed by atoms with E-state index < -0.39 is 17.6 Å². The standard InChI is InChI=1S/C25H24N4O4/c1-25(2)22-18(17-6-4-5-7-19(17)27-22)12-20-23(31)28(14-21(30)29(20)25)26-13-15-8-10-16(11-9-15)24(32)33-3/h4-11,13,20,27H,12,14H2,1-3H3/b26-13+/t20-/m0/s1. The number of carbonyl (C=O) groups excluding carboxylic acids is 3. The number of fused-ring (bicyclic) bond motifs is 4. The number of rotatable bonds is 3. The van der Waals surface area contributed by atoms with E-state index >= 15 is 0 Å². The summed E-state index contributed by atoms with van der Waals surface area (Å²) in [6.45, 7) is 3.83. The lowest BCUT2D eigenvalue weighted by Crippen LogP contribution is -2.66. The van der Waals surface area contributed by atoms with Gasteiger partial charge in [0.05, 0.1) is 24.4 Å². The summed E-state index contributed by atoms with van der Waals surface area (Å²) in [6.07, 6.45) is 1.96. The number of hydrazone groups is 1. The van der Waals surface area contributed by atoms with Gasteiger partial charge in [-0.3, -0.25) is 9.59 Å². The van der Waals surface area contributed by atoms with Gasteiger partial charge in [0, 0.05) is 23.0 Å². The number of nitrogens with zero attached hydrogens (tertiary/aromatic N) is 3. The van der Waals surface area contributed by atoms with Crippen LogP contribution in [0.5, 0.6) is 0 Å². The summed E-state index contributed by atoms with van der Waals surface area (Å²) in [5, 5.41) is 6.63. The van der Waals surface area contributed by atoms with Crippen molar-refractivity contribution in [1.82, 2.24) is 14.9 Å². The first-order valence-corrected chi connectivity index (χ1v) is 10.8. The maximum absolute atomic E-state index is 13.4. The Morgan fingerprint density at radius 1 is 1.15 bits per heavy atom. The minimum atomic E-state index is -0.649. The molecule has 1 saturated heterocycles. The molecule has 8 nitrogen and oxygen atoms in total. The molecule has 3 heterocycles. The predicted molar refractivity (Wildman–Crippen MR) is 123 cm³/mol. The summed E-state index contributed by atoms with van der Waals surface area (Å²) in [7, 11) is 1.33. The molecule has 5 rings (SSSR count). The highest BCUT2D eigenvalue weighted by Gasteiger charge is 2.51. The van der Waals surface area contributed by atoms with Gasteiger partial charge in [-0.25, -0.2) is 9.80 Å². The normalized spacial score (nSPS) is 19.7. The first-order chi connectivity index (χ1) is 15.8. The molecule has 0 aliphatic carbocycles. The number of esters is 1. The van der Waals surface area contributed by atoms with Gasteiger partial charge in [-0.1, -0.05) is 30.3 Å². The zero-order valence-corrected chi connectivity index (χ0v) is 18.7. The summed E-state index contributed by atoms with van der Waals surface area (Å²) in [4.78, 5) is 43.4. The summed E-state index contributed by atoms with van der Waals surface area (Å²) >= 11 is 0. The third-order valence-electron chi connectivity index (χ3n) is 6.51. The van der Waals surface area contributed by atoms with Crippen molar-refractivity contribution >= 4 is 34.9 Å². The zero-order valence-electron chi connectivity index (χ0n) is 18.7. The predicted octanol–water partition coefficient (Wildman–Crippen LogP) is 2.82. The van der Waals surface area contributed by atoms with Crippen LogP contribution in [0, 0.1) is 0 Å². The molecular formula is C25H24N4O4.